The minimum atomic E-state index is -0.536. The van der Waals surface area contributed by atoms with E-state index < -0.39 is 5.91 Å². The van der Waals surface area contributed by atoms with E-state index in [0.29, 0.717) is 21.7 Å². The number of hydrogen-bond acceptors (Lipinski definition) is 3. The van der Waals surface area contributed by atoms with Gasteiger partial charge in [0.25, 0.3) is 0 Å². The molecule has 0 saturated carbocycles. The number of hydrogen-bond donors (Lipinski definition) is 0. The smallest absolute Gasteiger partial charge is 0.213 e. The monoisotopic (exact) mass is 201 g/mol. The summed E-state index contributed by atoms with van der Waals surface area (Å²) in [7, 11) is 0. The highest BCUT2D eigenvalue weighted by molar-refractivity contribution is 6.02. The standard InChI is InChI=1S/C11H9N2O2/c1-8(14)13(15)11-6-7-12-10-5-3-2-4-9(10)11/h2-7H,1H3/q-1. The lowest BCUT2D eigenvalue weighted by molar-refractivity contribution is -0.115. The topological polar surface area (TPSA) is 56.3 Å². The Hall–Kier alpha value is -1.94. The van der Waals surface area contributed by atoms with E-state index in [4.69, 9.17) is 0 Å². The second kappa shape index (κ2) is 3.67. The zero-order valence-electron chi connectivity index (χ0n) is 8.18. The van der Waals surface area contributed by atoms with Crippen molar-refractivity contribution in [3.05, 3.63) is 41.7 Å². The maximum Gasteiger partial charge on any atom is 0.213 e. The summed E-state index contributed by atoms with van der Waals surface area (Å²) >= 11 is 0. The fraction of sp³-hybridized carbons (Fsp3) is 0.0909. The first kappa shape index (κ1) is 9.61. The fourth-order valence-electron chi connectivity index (χ4n) is 1.43. The third-order valence-electron chi connectivity index (χ3n) is 2.13. The molecule has 4 nitrogen and oxygen atoms in total. The lowest BCUT2D eigenvalue weighted by Crippen LogP contribution is -2.20. The Labute approximate surface area is 86.7 Å². The molecule has 0 aliphatic heterocycles. The van der Waals surface area contributed by atoms with Gasteiger partial charge < -0.3 is 10.3 Å². The molecule has 0 fully saturated rings. The minimum absolute atomic E-state index is 0.341. The van der Waals surface area contributed by atoms with E-state index in [1.807, 2.05) is 12.1 Å². The Morgan fingerprint density at radius 1 is 1.33 bits per heavy atom. The first-order valence-electron chi connectivity index (χ1n) is 4.52. The molecule has 1 aromatic heterocycles. The van der Waals surface area contributed by atoms with E-state index >= 15 is 0 Å². The number of carbonyl (C=O) groups excluding carboxylic acids is 1. The van der Waals surface area contributed by atoms with Crippen molar-refractivity contribution in [1.29, 1.82) is 0 Å². The van der Waals surface area contributed by atoms with Crippen LogP contribution in [-0.4, -0.2) is 10.9 Å². The molecule has 0 radical (unpaired) electrons. The number of hydroxylamine groups is 1. The Morgan fingerprint density at radius 2 is 2.07 bits per heavy atom. The van der Waals surface area contributed by atoms with Crippen molar-refractivity contribution >= 4 is 22.5 Å². The zero-order valence-corrected chi connectivity index (χ0v) is 8.18. The molecule has 0 aliphatic rings. The van der Waals surface area contributed by atoms with Crippen molar-refractivity contribution in [2.75, 3.05) is 5.06 Å². The SMILES string of the molecule is CC(=O)N([O-])c1ccnc2ccccc12. The zero-order chi connectivity index (χ0) is 10.8. The van der Waals surface area contributed by atoms with Crippen molar-refractivity contribution in [3.63, 3.8) is 0 Å². The second-order valence-electron chi connectivity index (χ2n) is 3.16. The third kappa shape index (κ3) is 1.67. The van der Waals surface area contributed by atoms with Gasteiger partial charge in [-0.05, 0) is 12.1 Å². The number of para-hydroxylation sites is 1. The number of amides is 1. The molecule has 0 unspecified atom stereocenters. The van der Waals surface area contributed by atoms with Crippen LogP contribution in [0.2, 0.25) is 0 Å². The number of rotatable bonds is 1. The van der Waals surface area contributed by atoms with Crippen LogP contribution >= 0.6 is 0 Å². The molecule has 15 heavy (non-hydrogen) atoms. The van der Waals surface area contributed by atoms with Crippen molar-refractivity contribution in [2.24, 2.45) is 0 Å². The van der Waals surface area contributed by atoms with Gasteiger partial charge in [-0.3, -0.25) is 9.78 Å². The maximum atomic E-state index is 11.5. The molecule has 2 aromatic rings. The van der Waals surface area contributed by atoms with Gasteiger partial charge in [0.05, 0.1) is 5.52 Å². The molecule has 0 atom stereocenters. The number of anilines is 1. The number of carbonyl (C=O) groups is 1. The highest BCUT2D eigenvalue weighted by Crippen LogP contribution is 2.24. The summed E-state index contributed by atoms with van der Waals surface area (Å²) in [5.41, 5.74) is 1.05. The van der Waals surface area contributed by atoms with E-state index in [9.17, 15) is 10.0 Å². The van der Waals surface area contributed by atoms with Crippen molar-refractivity contribution in [2.45, 2.75) is 6.92 Å². The molecule has 1 amide bonds. The molecule has 76 valence electrons. The molecule has 1 heterocycles. The van der Waals surface area contributed by atoms with Crippen LogP contribution in [0.15, 0.2) is 36.5 Å². The molecule has 0 N–H and O–H groups in total. The van der Waals surface area contributed by atoms with Crippen LogP contribution in [0.1, 0.15) is 6.92 Å². The molecule has 0 saturated heterocycles. The summed E-state index contributed by atoms with van der Waals surface area (Å²) in [6.45, 7) is 1.24. The third-order valence-corrected chi connectivity index (χ3v) is 2.13. The van der Waals surface area contributed by atoms with Gasteiger partial charge in [-0.2, -0.15) is 0 Å². The molecule has 1 aromatic carbocycles. The molecule has 0 aliphatic carbocycles. The molecular formula is C11H9N2O2-. The summed E-state index contributed by atoms with van der Waals surface area (Å²) in [4.78, 5) is 15.1. The lowest BCUT2D eigenvalue weighted by Gasteiger charge is -2.27. The van der Waals surface area contributed by atoms with Crippen molar-refractivity contribution in [3.8, 4) is 0 Å². The Bertz CT molecular complexity index is 505. The van der Waals surface area contributed by atoms with Crippen LogP contribution in [0.25, 0.3) is 10.9 Å². The van der Waals surface area contributed by atoms with Crippen LogP contribution < -0.4 is 5.06 Å². The number of benzene rings is 1. The van der Waals surface area contributed by atoms with Gasteiger partial charge in [-0.1, -0.05) is 18.2 Å². The van der Waals surface area contributed by atoms with Crippen LogP contribution in [0.5, 0.6) is 0 Å². The molecule has 2 rings (SSSR count). The maximum absolute atomic E-state index is 11.5. The minimum Gasteiger partial charge on any atom is -0.752 e. The molecule has 0 bridgehead atoms. The summed E-state index contributed by atoms with van der Waals surface area (Å²) in [5.74, 6) is -0.536. The van der Waals surface area contributed by atoms with Gasteiger partial charge in [-0.25, -0.2) is 0 Å². The Balaban J connectivity index is 2.65. The average molecular weight is 201 g/mol. The predicted molar refractivity (Wildman–Crippen MR) is 58.3 cm³/mol. The van der Waals surface area contributed by atoms with Crippen LogP contribution in [0.4, 0.5) is 5.69 Å². The summed E-state index contributed by atoms with van der Waals surface area (Å²) in [6, 6.07) is 8.75. The number of nitrogens with zero attached hydrogens (tertiary/aromatic N) is 2. The Kier molecular flexibility index (Phi) is 2.35. The Morgan fingerprint density at radius 3 is 2.80 bits per heavy atom. The fourth-order valence-corrected chi connectivity index (χ4v) is 1.43. The summed E-state index contributed by atoms with van der Waals surface area (Å²) in [6.07, 6.45) is 1.52. The van der Waals surface area contributed by atoms with Crippen molar-refractivity contribution < 1.29 is 4.79 Å². The van der Waals surface area contributed by atoms with Gasteiger partial charge >= 0.3 is 0 Å². The average Bonchev–Trinajstić information content (AvgIpc) is 2.27. The first-order chi connectivity index (χ1) is 7.20. The molecular weight excluding hydrogens is 192 g/mol. The van der Waals surface area contributed by atoms with Crippen LogP contribution in [0, 0.1) is 5.21 Å². The van der Waals surface area contributed by atoms with E-state index in [1.165, 1.54) is 19.2 Å². The van der Waals surface area contributed by atoms with Gasteiger partial charge in [0.2, 0.25) is 5.91 Å². The molecule has 0 spiro atoms. The van der Waals surface area contributed by atoms with Crippen molar-refractivity contribution in [1.82, 2.24) is 4.98 Å². The number of aromatic nitrogens is 1. The quantitative estimate of drug-likeness (QED) is 0.664. The number of fused-ring (bicyclic) bond motifs is 1. The highest BCUT2D eigenvalue weighted by Gasteiger charge is 2.04. The van der Waals surface area contributed by atoms with Gasteiger partial charge in [-0.15, -0.1) is 0 Å². The lowest BCUT2D eigenvalue weighted by atomic mass is 10.2. The van der Waals surface area contributed by atoms with E-state index in [1.54, 1.807) is 12.1 Å². The predicted octanol–water partition coefficient (Wildman–Crippen LogP) is 2.09. The van der Waals surface area contributed by atoms with Crippen LogP contribution in [-0.2, 0) is 4.79 Å². The van der Waals surface area contributed by atoms with Gasteiger partial charge in [0.15, 0.2) is 0 Å². The molecule has 4 heteroatoms. The second-order valence-corrected chi connectivity index (χ2v) is 3.16. The summed E-state index contributed by atoms with van der Waals surface area (Å²) in [5, 5.41) is 12.6. The number of pyridine rings is 1. The van der Waals surface area contributed by atoms with Crippen LogP contribution in [0.3, 0.4) is 0 Å². The van der Waals surface area contributed by atoms with Gasteiger partial charge in [0.1, 0.15) is 0 Å². The van der Waals surface area contributed by atoms with E-state index in [0.717, 1.165) is 0 Å². The normalized spacial score (nSPS) is 10.3. The van der Waals surface area contributed by atoms with E-state index in [2.05, 4.69) is 4.98 Å². The van der Waals surface area contributed by atoms with Gasteiger partial charge in [0, 0.05) is 24.2 Å². The largest absolute Gasteiger partial charge is 0.752 e. The summed E-state index contributed by atoms with van der Waals surface area (Å²) < 4.78 is 0. The highest BCUT2D eigenvalue weighted by atomic mass is 16.5. The first-order valence-corrected chi connectivity index (χ1v) is 4.52. The van der Waals surface area contributed by atoms with E-state index in [-0.39, 0.29) is 0 Å².